The molecule has 2 aliphatic rings. The Morgan fingerprint density at radius 2 is 1.59 bits per heavy atom. The number of aromatic nitrogens is 2. The van der Waals surface area contributed by atoms with Gasteiger partial charge in [0.2, 0.25) is 0 Å². The topological polar surface area (TPSA) is 33.6 Å². The van der Waals surface area contributed by atoms with Crippen molar-refractivity contribution < 1.29 is 0 Å². The predicted octanol–water partition coefficient (Wildman–Crippen LogP) is 12.1. The minimum atomic E-state index is 0.141. The highest BCUT2D eigenvalue weighted by Crippen LogP contribution is 2.46. The molecule has 2 aliphatic carbocycles. The SMILES string of the molecule is C/C=C\c1c(C)c2ccccc2n1C1=C(C#N)CC(C)C(/C(=C/C)C(c2ccccc2-n2c3c(c4ccccc42)CC=CC=C3)C(C)C)=C1. The number of nitriles is 1. The Labute approximate surface area is 291 Å². The van der Waals surface area contributed by atoms with E-state index in [1.165, 1.54) is 55.5 Å². The lowest BCUT2D eigenvalue weighted by atomic mass is 9.73. The molecule has 2 atom stereocenters. The molecule has 3 heteroatoms. The predicted molar refractivity (Wildman–Crippen MR) is 209 cm³/mol. The molecule has 0 bridgehead atoms. The van der Waals surface area contributed by atoms with Gasteiger partial charge in [0.15, 0.2) is 0 Å². The third kappa shape index (κ3) is 5.37. The maximum atomic E-state index is 10.5. The van der Waals surface area contributed by atoms with E-state index < -0.39 is 0 Å². The normalized spacial score (nSPS) is 17.2. The highest BCUT2D eigenvalue weighted by Gasteiger charge is 2.32. The average Bonchev–Trinajstić information content (AvgIpc) is 3.44. The first kappa shape index (κ1) is 32.2. The molecule has 3 aromatic carbocycles. The van der Waals surface area contributed by atoms with Crippen LogP contribution in [0.2, 0.25) is 0 Å². The number of allylic oxidation sites excluding steroid dienone is 10. The van der Waals surface area contributed by atoms with Gasteiger partial charge < -0.3 is 9.13 Å². The van der Waals surface area contributed by atoms with Crippen LogP contribution in [0.5, 0.6) is 0 Å². The first-order chi connectivity index (χ1) is 23.9. The minimum absolute atomic E-state index is 0.141. The number of para-hydroxylation sites is 3. The van der Waals surface area contributed by atoms with Gasteiger partial charge in [-0.25, -0.2) is 0 Å². The van der Waals surface area contributed by atoms with Gasteiger partial charge in [0.1, 0.15) is 0 Å². The summed E-state index contributed by atoms with van der Waals surface area (Å²) in [4.78, 5) is 0. The molecule has 49 heavy (non-hydrogen) atoms. The number of rotatable bonds is 7. The fourth-order valence-electron chi connectivity index (χ4n) is 8.36. The Morgan fingerprint density at radius 1 is 0.898 bits per heavy atom. The van der Waals surface area contributed by atoms with Crippen molar-refractivity contribution in [3.8, 4) is 11.8 Å². The number of benzene rings is 3. The summed E-state index contributed by atoms with van der Waals surface area (Å²) in [5, 5.41) is 13.1. The van der Waals surface area contributed by atoms with Crippen LogP contribution in [-0.4, -0.2) is 9.13 Å². The van der Waals surface area contributed by atoms with Crippen LogP contribution < -0.4 is 0 Å². The van der Waals surface area contributed by atoms with Gasteiger partial charge in [0.05, 0.1) is 34.1 Å². The van der Waals surface area contributed by atoms with E-state index in [4.69, 9.17) is 0 Å². The first-order valence-corrected chi connectivity index (χ1v) is 17.7. The van der Waals surface area contributed by atoms with Gasteiger partial charge >= 0.3 is 0 Å². The van der Waals surface area contributed by atoms with Gasteiger partial charge in [-0.3, -0.25) is 0 Å². The van der Waals surface area contributed by atoms with Gasteiger partial charge in [-0.2, -0.15) is 5.26 Å². The minimum Gasteiger partial charge on any atom is -0.309 e. The largest absolute Gasteiger partial charge is 0.309 e. The van der Waals surface area contributed by atoms with Crippen LogP contribution in [0.25, 0.3) is 45.3 Å². The highest BCUT2D eigenvalue weighted by atomic mass is 15.0. The lowest BCUT2D eigenvalue weighted by molar-refractivity contribution is 0.540. The molecule has 7 rings (SSSR count). The van der Waals surface area contributed by atoms with Crippen molar-refractivity contribution in [3.63, 3.8) is 0 Å². The Hall–Kier alpha value is -5.33. The van der Waals surface area contributed by atoms with Crippen LogP contribution in [0, 0.1) is 30.1 Å². The molecule has 0 radical (unpaired) electrons. The molecule has 0 saturated heterocycles. The molecule has 0 fully saturated rings. The molecule has 5 aromatic rings. The number of nitrogens with zero attached hydrogens (tertiary/aromatic N) is 3. The summed E-state index contributed by atoms with van der Waals surface area (Å²) in [6, 6.07) is 29.0. The van der Waals surface area contributed by atoms with Crippen molar-refractivity contribution in [1.29, 1.82) is 5.26 Å². The molecule has 244 valence electrons. The molecule has 3 nitrogen and oxygen atoms in total. The summed E-state index contributed by atoms with van der Waals surface area (Å²) in [6.45, 7) is 13.4. The van der Waals surface area contributed by atoms with E-state index in [1.807, 2.05) is 0 Å². The zero-order valence-electron chi connectivity index (χ0n) is 29.5. The zero-order chi connectivity index (χ0) is 34.2. The third-order valence-corrected chi connectivity index (χ3v) is 10.5. The summed E-state index contributed by atoms with van der Waals surface area (Å²) in [7, 11) is 0. The van der Waals surface area contributed by atoms with Crippen molar-refractivity contribution in [2.75, 3.05) is 0 Å². The van der Waals surface area contributed by atoms with Gasteiger partial charge in [-0.15, -0.1) is 0 Å². The second-order valence-electron chi connectivity index (χ2n) is 13.8. The van der Waals surface area contributed by atoms with Crippen molar-refractivity contribution in [2.24, 2.45) is 11.8 Å². The first-order valence-electron chi connectivity index (χ1n) is 17.7. The van der Waals surface area contributed by atoms with Crippen molar-refractivity contribution in [3.05, 3.63) is 154 Å². The number of aryl methyl sites for hydroxylation is 1. The number of hydrogen-bond acceptors (Lipinski definition) is 1. The standard InChI is InChI=1S/C46H45N3/c1-7-18-40-32(6)35-19-12-15-24-41(35)48(40)45-28-39(31(5)27-33(45)29-47)34(8-2)46(30(3)4)38-22-14-17-26-44(38)49-42-23-11-9-10-20-36(42)37-21-13-16-25-43(37)49/h7-19,21-26,28,30-31,46H,20,27H2,1-6H3/b18-7-,34-8-. The van der Waals surface area contributed by atoms with Crippen LogP contribution in [0.4, 0.5) is 0 Å². The molecule has 2 aromatic heterocycles. The molecular formula is C46H45N3. The van der Waals surface area contributed by atoms with E-state index >= 15 is 0 Å². The van der Waals surface area contributed by atoms with Gasteiger partial charge in [-0.1, -0.05) is 106 Å². The van der Waals surface area contributed by atoms with E-state index in [2.05, 4.69) is 178 Å². The summed E-state index contributed by atoms with van der Waals surface area (Å²) < 4.78 is 4.81. The van der Waals surface area contributed by atoms with Crippen LogP contribution in [0.3, 0.4) is 0 Å². The smallest absolute Gasteiger partial charge is 0.0969 e. The van der Waals surface area contributed by atoms with Crippen molar-refractivity contribution in [2.45, 2.75) is 60.3 Å². The van der Waals surface area contributed by atoms with E-state index in [0.717, 1.165) is 28.9 Å². The van der Waals surface area contributed by atoms with Crippen molar-refractivity contribution >= 4 is 39.7 Å². The Balaban J connectivity index is 1.44. The Morgan fingerprint density at radius 3 is 2.31 bits per heavy atom. The van der Waals surface area contributed by atoms with Crippen LogP contribution >= 0.6 is 0 Å². The van der Waals surface area contributed by atoms with Crippen LogP contribution in [-0.2, 0) is 6.42 Å². The second kappa shape index (κ2) is 13.3. The molecule has 0 saturated carbocycles. The maximum Gasteiger partial charge on any atom is 0.0969 e. The summed E-state index contributed by atoms with van der Waals surface area (Å²) in [6.07, 6.45) is 19.4. The summed E-state index contributed by atoms with van der Waals surface area (Å²) in [5.74, 6) is 0.669. The molecular weight excluding hydrogens is 595 g/mol. The van der Waals surface area contributed by atoms with E-state index in [0.29, 0.717) is 12.3 Å². The average molecular weight is 640 g/mol. The fourth-order valence-corrected chi connectivity index (χ4v) is 8.36. The van der Waals surface area contributed by atoms with Crippen molar-refractivity contribution in [1.82, 2.24) is 9.13 Å². The fraction of sp³-hybridized carbons (Fsp3) is 0.239. The van der Waals surface area contributed by atoms with E-state index in [-0.39, 0.29) is 11.8 Å². The highest BCUT2D eigenvalue weighted by molar-refractivity contribution is 5.94. The lowest BCUT2D eigenvalue weighted by Gasteiger charge is -2.33. The Bertz CT molecular complexity index is 2310. The van der Waals surface area contributed by atoms with E-state index in [1.54, 1.807) is 0 Å². The molecule has 0 N–H and O–H groups in total. The third-order valence-electron chi connectivity index (χ3n) is 10.5. The number of hydrogen-bond donors (Lipinski definition) is 0. The quantitative estimate of drug-likeness (QED) is 0.174. The van der Waals surface area contributed by atoms with Crippen LogP contribution in [0.1, 0.15) is 75.0 Å². The van der Waals surface area contributed by atoms with Crippen LogP contribution in [0.15, 0.2) is 126 Å². The summed E-state index contributed by atoms with van der Waals surface area (Å²) >= 11 is 0. The monoisotopic (exact) mass is 639 g/mol. The van der Waals surface area contributed by atoms with Gasteiger partial charge in [-0.05, 0) is 110 Å². The lowest BCUT2D eigenvalue weighted by Crippen LogP contribution is -2.20. The maximum absolute atomic E-state index is 10.5. The molecule has 0 aliphatic heterocycles. The summed E-state index contributed by atoms with van der Waals surface area (Å²) in [5.41, 5.74) is 14.4. The Kier molecular flexibility index (Phi) is 8.74. The number of fused-ring (bicyclic) bond motifs is 4. The van der Waals surface area contributed by atoms with Gasteiger partial charge in [0, 0.05) is 28.1 Å². The molecule has 2 unspecified atom stereocenters. The van der Waals surface area contributed by atoms with E-state index in [9.17, 15) is 5.26 Å². The molecule has 2 heterocycles. The molecule has 0 spiro atoms. The van der Waals surface area contributed by atoms with Gasteiger partial charge in [0.25, 0.3) is 0 Å². The molecule has 0 amide bonds. The zero-order valence-corrected chi connectivity index (χ0v) is 29.5. The second-order valence-corrected chi connectivity index (χ2v) is 13.8.